The molecule has 0 radical (unpaired) electrons. The van der Waals surface area contributed by atoms with Gasteiger partial charge in [0.25, 0.3) is 0 Å². The number of benzene rings is 24. The Balaban J connectivity index is 0.000000113. The van der Waals surface area contributed by atoms with Crippen molar-refractivity contribution in [1.82, 2.24) is 13.7 Å². The fourth-order valence-corrected chi connectivity index (χ4v) is 21.3. The first-order chi connectivity index (χ1) is 71.5. The van der Waals surface area contributed by atoms with Crippen LogP contribution in [-0.4, -0.2) is 13.7 Å². The van der Waals surface area contributed by atoms with E-state index >= 15 is 0 Å². The zero-order valence-electron chi connectivity index (χ0n) is 79.1. The van der Waals surface area contributed by atoms with E-state index in [0.29, 0.717) is 0 Å². The van der Waals surface area contributed by atoms with Crippen LogP contribution in [0.15, 0.2) is 582 Å². The van der Waals surface area contributed by atoms with Crippen molar-refractivity contribution in [3.63, 3.8) is 0 Å². The number of fused-ring (bicyclic) bond motifs is 12. The molecule has 6 nitrogen and oxygen atoms in total. The fraction of sp³-hybridized carbons (Fsp3) is 0. The summed E-state index contributed by atoms with van der Waals surface area (Å²) in [6.07, 6.45) is 0. The van der Waals surface area contributed by atoms with E-state index in [0.717, 1.165) is 62.6 Å². The molecule has 0 aliphatic rings. The third-order valence-electron chi connectivity index (χ3n) is 28.1. The molecule has 0 aliphatic heterocycles. The third-order valence-corrected chi connectivity index (χ3v) is 28.1. The molecule has 0 amide bonds. The molecule has 0 atom stereocenters. The molecule has 678 valence electrons. The number of hydrogen-bond acceptors (Lipinski definition) is 3. The highest BCUT2D eigenvalue weighted by molar-refractivity contribution is 6.25. The first-order valence-electron chi connectivity index (χ1n) is 49.3. The Labute approximate surface area is 837 Å². The van der Waals surface area contributed by atoms with E-state index < -0.39 is 0 Å². The zero-order valence-corrected chi connectivity index (χ0v) is 79.1. The average Bonchev–Trinajstić information content (AvgIpc) is 1.56. The lowest BCUT2D eigenvalue weighted by Crippen LogP contribution is -2.11. The smallest absolute Gasteiger partial charge is 0.0640 e. The van der Waals surface area contributed by atoms with Crippen molar-refractivity contribution in [2.75, 3.05) is 14.7 Å². The molecule has 144 heavy (non-hydrogen) atoms. The minimum Gasteiger partial charge on any atom is -0.310 e. The van der Waals surface area contributed by atoms with Gasteiger partial charge in [0.2, 0.25) is 0 Å². The van der Waals surface area contributed by atoms with Gasteiger partial charge >= 0.3 is 0 Å². The number of anilines is 9. The summed E-state index contributed by atoms with van der Waals surface area (Å²) in [5.74, 6) is 0. The second-order valence-electron chi connectivity index (χ2n) is 36.6. The van der Waals surface area contributed by atoms with Gasteiger partial charge in [0.15, 0.2) is 0 Å². The van der Waals surface area contributed by atoms with Gasteiger partial charge in [-0.15, -0.1) is 0 Å². The molecule has 0 spiro atoms. The van der Waals surface area contributed by atoms with Crippen LogP contribution in [0.2, 0.25) is 0 Å². The Kier molecular flexibility index (Phi) is 23.0. The van der Waals surface area contributed by atoms with Crippen LogP contribution in [0.4, 0.5) is 51.2 Å². The Morgan fingerprint density at radius 1 is 0.125 bits per heavy atom. The summed E-state index contributed by atoms with van der Waals surface area (Å²) in [4.78, 5) is 7.26. The van der Waals surface area contributed by atoms with Gasteiger partial charge in [0.1, 0.15) is 0 Å². The van der Waals surface area contributed by atoms with Gasteiger partial charge in [-0.05, 0) is 258 Å². The topological polar surface area (TPSA) is 24.5 Å². The Morgan fingerprint density at radius 2 is 0.382 bits per heavy atom. The van der Waals surface area contributed by atoms with Crippen molar-refractivity contribution in [1.29, 1.82) is 0 Å². The van der Waals surface area contributed by atoms with Crippen molar-refractivity contribution in [3.05, 3.63) is 582 Å². The lowest BCUT2D eigenvalue weighted by atomic mass is 9.99. The number of rotatable bonds is 18. The second kappa shape index (κ2) is 38.3. The molecule has 0 saturated carbocycles. The van der Waals surface area contributed by atoms with Gasteiger partial charge in [0, 0.05) is 94.3 Å². The molecular formula is C138H96N6. The van der Waals surface area contributed by atoms with Gasteiger partial charge in [-0.3, -0.25) is 0 Å². The molecule has 0 unspecified atom stereocenters. The zero-order chi connectivity index (χ0) is 95.6. The standard InChI is InChI=1S/3C46H32N2/c1-4-14-33(15-5-1)35-24-28-39(29-25-35)47(40-30-26-36(27-31-40)34-16-6-2-7-17-34)46-41-21-11-10-18-37(41)32-44-45(46)42-22-12-13-23-43(42)48(44)38-19-8-3-9-20-38;1-4-13-33(14-5-1)35-23-27-39(28-24-35)47(40-29-25-36(26-30-40)34-15-6-2-7-16-34)45-22-12-17-37-31-46-43(32-42(37)45)41-20-10-11-21-44(41)48(46)38-18-8-3-9-19-38;1-4-13-33(14-5-1)35-23-27-40(28-24-35)47(41-29-25-36(26-30-41)34-15-6-2-7-16-34)43-21-12-22-44-46(43)42-31-37-17-10-11-18-38(37)32-45(42)48(44)39-19-8-3-9-20-39/h3*1-32H. The average molecular weight is 1840 g/mol. The molecule has 27 rings (SSSR count). The first kappa shape index (κ1) is 86.4. The normalized spacial score (nSPS) is 11.3. The van der Waals surface area contributed by atoms with E-state index in [1.165, 1.54) is 170 Å². The van der Waals surface area contributed by atoms with Crippen LogP contribution in [0.3, 0.4) is 0 Å². The van der Waals surface area contributed by atoms with Gasteiger partial charge in [0.05, 0.1) is 50.2 Å². The Hall–Kier alpha value is -19.1. The van der Waals surface area contributed by atoms with Gasteiger partial charge in [-0.1, -0.05) is 413 Å². The van der Waals surface area contributed by atoms with E-state index in [-0.39, 0.29) is 0 Å². The van der Waals surface area contributed by atoms with E-state index in [2.05, 4.69) is 611 Å². The van der Waals surface area contributed by atoms with Crippen molar-refractivity contribution in [2.24, 2.45) is 0 Å². The SMILES string of the molecule is c1ccc(-c2ccc(N(c3ccc(-c4ccccc4)cc3)c3c4ccccc4cc4c3c3ccccc3n4-c3ccccc3)cc2)cc1.c1ccc(-c2ccc(N(c3ccc(-c4ccccc4)cc3)c3cccc4c3c3cc5ccccc5cc3n4-c3ccccc3)cc2)cc1.c1ccc(-c2ccc(N(c3ccc(-c4ccccc4)cc3)c3cccc4cc5c(cc34)c3ccccc3n5-c3ccccc3)cc2)cc1. The van der Waals surface area contributed by atoms with Crippen LogP contribution in [0.25, 0.3) is 182 Å². The van der Waals surface area contributed by atoms with Crippen molar-refractivity contribution < 1.29 is 0 Å². The second-order valence-corrected chi connectivity index (χ2v) is 36.6. The first-order valence-corrected chi connectivity index (χ1v) is 49.3. The monoisotopic (exact) mass is 1840 g/mol. The maximum Gasteiger partial charge on any atom is 0.0640 e. The van der Waals surface area contributed by atoms with E-state index in [4.69, 9.17) is 0 Å². The summed E-state index contributed by atoms with van der Waals surface area (Å²) in [6, 6.07) is 210. The van der Waals surface area contributed by atoms with Gasteiger partial charge in [-0.2, -0.15) is 0 Å². The number of nitrogens with zero attached hydrogens (tertiary/aromatic N) is 6. The van der Waals surface area contributed by atoms with Crippen molar-refractivity contribution in [3.8, 4) is 83.8 Å². The van der Waals surface area contributed by atoms with Gasteiger partial charge < -0.3 is 28.4 Å². The molecule has 0 aliphatic carbocycles. The molecular weight excluding hydrogens is 1740 g/mol. The summed E-state index contributed by atoms with van der Waals surface area (Å²) in [5.41, 5.74) is 35.2. The summed E-state index contributed by atoms with van der Waals surface area (Å²) >= 11 is 0. The van der Waals surface area contributed by atoms with Crippen LogP contribution in [0.1, 0.15) is 0 Å². The molecule has 24 aromatic carbocycles. The molecule has 0 bridgehead atoms. The summed E-state index contributed by atoms with van der Waals surface area (Å²) in [7, 11) is 0. The van der Waals surface area contributed by atoms with Crippen LogP contribution >= 0.6 is 0 Å². The van der Waals surface area contributed by atoms with Crippen LogP contribution in [0.5, 0.6) is 0 Å². The maximum atomic E-state index is 2.45. The van der Waals surface area contributed by atoms with Crippen LogP contribution in [0, 0.1) is 0 Å². The minimum absolute atomic E-state index is 1.11. The number of hydrogen-bond donors (Lipinski definition) is 0. The summed E-state index contributed by atoms with van der Waals surface area (Å²) in [6.45, 7) is 0. The quantitative estimate of drug-likeness (QED) is 0.0856. The van der Waals surface area contributed by atoms with Crippen LogP contribution < -0.4 is 14.7 Å². The summed E-state index contributed by atoms with van der Waals surface area (Å²) in [5, 5.41) is 14.7. The molecule has 3 aromatic heterocycles. The molecule has 3 heterocycles. The van der Waals surface area contributed by atoms with Crippen molar-refractivity contribution in [2.45, 2.75) is 0 Å². The van der Waals surface area contributed by atoms with Crippen LogP contribution in [-0.2, 0) is 0 Å². The molecule has 0 saturated heterocycles. The lowest BCUT2D eigenvalue weighted by Gasteiger charge is -2.28. The van der Waals surface area contributed by atoms with Crippen molar-refractivity contribution >= 4 is 149 Å². The number of aromatic nitrogens is 3. The highest BCUT2D eigenvalue weighted by Crippen LogP contribution is 2.52. The highest BCUT2D eigenvalue weighted by Gasteiger charge is 2.28. The molecule has 6 heteroatoms. The Morgan fingerprint density at radius 3 is 0.792 bits per heavy atom. The van der Waals surface area contributed by atoms with E-state index in [9.17, 15) is 0 Å². The molecule has 27 aromatic rings. The predicted octanol–water partition coefficient (Wildman–Crippen LogP) is 38.2. The maximum absolute atomic E-state index is 2.45. The minimum atomic E-state index is 1.11. The highest BCUT2D eigenvalue weighted by atomic mass is 15.2. The van der Waals surface area contributed by atoms with Gasteiger partial charge in [-0.25, -0.2) is 0 Å². The molecule has 0 fully saturated rings. The fourth-order valence-electron chi connectivity index (χ4n) is 21.3. The summed E-state index contributed by atoms with van der Waals surface area (Å²) < 4.78 is 7.21. The molecule has 0 N–H and O–H groups in total. The van der Waals surface area contributed by atoms with E-state index in [1.807, 2.05) is 0 Å². The lowest BCUT2D eigenvalue weighted by molar-refractivity contribution is 1.18. The predicted molar refractivity (Wildman–Crippen MR) is 612 cm³/mol. The number of para-hydroxylation sites is 5. The Bertz CT molecular complexity index is 8970. The third kappa shape index (κ3) is 16.5. The van der Waals surface area contributed by atoms with E-state index in [1.54, 1.807) is 0 Å². The largest absolute Gasteiger partial charge is 0.310 e.